The predicted molar refractivity (Wildman–Crippen MR) is 76.4 cm³/mol. The number of aryl methyl sites for hydroxylation is 1. The van der Waals surface area contributed by atoms with Crippen molar-refractivity contribution in [1.82, 2.24) is 24.6 Å². The summed E-state index contributed by atoms with van der Waals surface area (Å²) in [6, 6.07) is 1.02. The first-order valence-electron chi connectivity index (χ1n) is 7.10. The molecule has 0 saturated heterocycles. The Kier molecular flexibility index (Phi) is 5.07. The number of hydrogen-bond acceptors (Lipinski definition) is 3. The molecule has 0 aliphatic carbocycles. The Morgan fingerprint density at radius 2 is 2.17 bits per heavy atom. The molecule has 6 nitrogen and oxygen atoms in total. The van der Waals surface area contributed by atoms with E-state index in [4.69, 9.17) is 0 Å². The molecule has 9 heteroatoms. The minimum atomic E-state index is -4.44. The topological polar surface area (TPSA) is 64.7 Å². The van der Waals surface area contributed by atoms with Gasteiger partial charge in [-0.2, -0.15) is 18.3 Å². The van der Waals surface area contributed by atoms with Crippen LogP contribution in [0.5, 0.6) is 0 Å². The molecule has 0 aliphatic rings. The van der Waals surface area contributed by atoms with Crippen LogP contribution in [0.1, 0.15) is 18.3 Å². The van der Waals surface area contributed by atoms with Crippen LogP contribution >= 0.6 is 0 Å². The number of amides is 1. The average molecular weight is 329 g/mol. The number of nitrogens with zero attached hydrogens (tertiary/aromatic N) is 4. The van der Waals surface area contributed by atoms with Crippen LogP contribution in [0.2, 0.25) is 0 Å². The summed E-state index contributed by atoms with van der Waals surface area (Å²) in [6.07, 6.45) is 0.302. The van der Waals surface area contributed by atoms with Crippen LogP contribution in [0.25, 0.3) is 0 Å². The van der Waals surface area contributed by atoms with Gasteiger partial charge in [0.25, 0.3) is 0 Å². The maximum Gasteiger partial charge on any atom is 0.433 e. The van der Waals surface area contributed by atoms with Gasteiger partial charge < -0.3 is 9.88 Å². The van der Waals surface area contributed by atoms with Crippen LogP contribution in [0.4, 0.5) is 13.2 Å². The molecule has 2 rings (SSSR count). The molecule has 126 valence electrons. The zero-order valence-electron chi connectivity index (χ0n) is 12.8. The Labute approximate surface area is 131 Å². The third-order valence-corrected chi connectivity index (χ3v) is 3.21. The number of carbonyl (C=O) groups is 1. The molecular formula is C14H18F3N5O. The van der Waals surface area contributed by atoms with Crippen molar-refractivity contribution in [2.24, 2.45) is 5.92 Å². The fourth-order valence-electron chi connectivity index (χ4n) is 2.16. The van der Waals surface area contributed by atoms with Crippen LogP contribution in [0, 0.1) is 12.8 Å². The van der Waals surface area contributed by atoms with E-state index < -0.39 is 11.9 Å². The number of carbonyl (C=O) groups excluding carboxylic acids is 1. The summed E-state index contributed by atoms with van der Waals surface area (Å²) in [5.41, 5.74) is -0.458. The molecule has 2 aromatic rings. The SMILES string of the molecule is Cc1cc(C(F)(F)F)n(C[C@@H](C)CNC(=O)Cn2ccnc2)n1. The molecular weight excluding hydrogens is 311 g/mol. The summed E-state index contributed by atoms with van der Waals surface area (Å²) in [4.78, 5) is 15.6. The van der Waals surface area contributed by atoms with E-state index in [-0.39, 0.29) is 31.5 Å². The molecule has 0 fully saturated rings. The van der Waals surface area contributed by atoms with Gasteiger partial charge in [-0.15, -0.1) is 0 Å². The van der Waals surface area contributed by atoms with Gasteiger partial charge in [0.15, 0.2) is 0 Å². The smallest absolute Gasteiger partial charge is 0.354 e. The number of rotatable bonds is 6. The van der Waals surface area contributed by atoms with E-state index in [9.17, 15) is 18.0 Å². The first-order valence-corrected chi connectivity index (χ1v) is 7.10. The molecule has 0 unspecified atom stereocenters. The molecule has 1 atom stereocenters. The van der Waals surface area contributed by atoms with Crippen molar-refractivity contribution < 1.29 is 18.0 Å². The molecule has 1 amide bonds. The minimum absolute atomic E-state index is 0.0774. The highest BCUT2D eigenvalue weighted by Crippen LogP contribution is 2.30. The van der Waals surface area contributed by atoms with Gasteiger partial charge in [-0.05, 0) is 18.9 Å². The molecule has 23 heavy (non-hydrogen) atoms. The van der Waals surface area contributed by atoms with Gasteiger partial charge in [0.1, 0.15) is 12.2 Å². The number of halogens is 3. The second-order valence-corrected chi connectivity index (χ2v) is 5.50. The lowest BCUT2D eigenvalue weighted by Gasteiger charge is -2.16. The Hall–Kier alpha value is -2.32. The first kappa shape index (κ1) is 17.0. The molecule has 0 aliphatic heterocycles. The number of hydrogen-bond donors (Lipinski definition) is 1. The van der Waals surface area contributed by atoms with Gasteiger partial charge in [0.2, 0.25) is 5.91 Å². The van der Waals surface area contributed by atoms with Crippen molar-refractivity contribution in [3.8, 4) is 0 Å². The normalized spacial score (nSPS) is 13.1. The second kappa shape index (κ2) is 6.84. The van der Waals surface area contributed by atoms with Crippen molar-refractivity contribution in [1.29, 1.82) is 0 Å². The summed E-state index contributed by atoms with van der Waals surface area (Å²) in [5, 5.41) is 6.57. The second-order valence-electron chi connectivity index (χ2n) is 5.50. The van der Waals surface area contributed by atoms with Crippen molar-refractivity contribution in [2.45, 2.75) is 33.1 Å². The highest BCUT2D eigenvalue weighted by Gasteiger charge is 2.35. The minimum Gasteiger partial charge on any atom is -0.354 e. The fraction of sp³-hybridized carbons (Fsp3) is 0.500. The van der Waals surface area contributed by atoms with Crippen LogP contribution in [0.3, 0.4) is 0 Å². The van der Waals surface area contributed by atoms with Crippen LogP contribution in [-0.2, 0) is 24.1 Å². The van der Waals surface area contributed by atoms with Crippen molar-refractivity contribution >= 4 is 5.91 Å². The van der Waals surface area contributed by atoms with Gasteiger partial charge >= 0.3 is 6.18 Å². The van der Waals surface area contributed by atoms with E-state index in [1.165, 1.54) is 13.3 Å². The third kappa shape index (κ3) is 4.83. The Morgan fingerprint density at radius 3 is 2.78 bits per heavy atom. The average Bonchev–Trinajstić information content (AvgIpc) is 3.05. The van der Waals surface area contributed by atoms with E-state index >= 15 is 0 Å². The van der Waals surface area contributed by atoms with Gasteiger partial charge in [0.05, 0.1) is 12.0 Å². The summed E-state index contributed by atoms with van der Waals surface area (Å²) in [5.74, 6) is -0.412. The van der Waals surface area contributed by atoms with Gasteiger partial charge in [-0.1, -0.05) is 6.92 Å². The highest BCUT2D eigenvalue weighted by atomic mass is 19.4. The largest absolute Gasteiger partial charge is 0.433 e. The van der Waals surface area contributed by atoms with E-state index in [2.05, 4.69) is 15.4 Å². The summed E-state index contributed by atoms with van der Waals surface area (Å²) in [7, 11) is 0. The number of imidazole rings is 1. The fourth-order valence-corrected chi connectivity index (χ4v) is 2.16. The summed E-state index contributed by atoms with van der Waals surface area (Å²) in [6.45, 7) is 3.75. The van der Waals surface area contributed by atoms with E-state index in [1.54, 1.807) is 23.9 Å². The van der Waals surface area contributed by atoms with Gasteiger partial charge in [-0.25, -0.2) is 4.98 Å². The Bertz CT molecular complexity index is 648. The van der Waals surface area contributed by atoms with Crippen LogP contribution < -0.4 is 5.32 Å². The van der Waals surface area contributed by atoms with Gasteiger partial charge in [-0.3, -0.25) is 9.48 Å². The van der Waals surface area contributed by atoms with Crippen LogP contribution in [0.15, 0.2) is 24.8 Å². The lowest BCUT2D eigenvalue weighted by molar-refractivity contribution is -0.144. The number of nitrogens with one attached hydrogen (secondary N) is 1. The monoisotopic (exact) mass is 329 g/mol. The summed E-state index contributed by atoms with van der Waals surface area (Å²) < 4.78 is 41.3. The molecule has 0 saturated carbocycles. The first-order chi connectivity index (χ1) is 10.8. The van der Waals surface area contributed by atoms with Crippen molar-refractivity contribution in [2.75, 3.05) is 6.54 Å². The third-order valence-electron chi connectivity index (χ3n) is 3.21. The van der Waals surface area contributed by atoms with E-state index in [0.29, 0.717) is 5.69 Å². The number of alkyl halides is 3. The molecule has 0 aromatic carbocycles. The van der Waals surface area contributed by atoms with Crippen molar-refractivity contribution in [3.05, 3.63) is 36.2 Å². The quantitative estimate of drug-likeness (QED) is 0.880. The molecule has 1 N–H and O–H groups in total. The molecule has 0 bridgehead atoms. The summed E-state index contributed by atoms with van der Waals surface area (Å²) >= 11 is 0. The zero-order chi connectivity index (χ0) is 17.0. The Morgan fingerprint density at radius 1 is 1.43 bits per heavy atom. The van der Waals surface area contributed by atoms with Crippen LogP contribution in [-0.4, -0.2) is 31.8 Å². The molecule has 0 radical (unpaired) electrons. The standard InChI is InChI=1S/C14H18F3N5O/c1-10(6-19-13(23)8-21-4-3-18-9-21)7-22-12(14(15,16)17)5-11(2)20-22/h3-5,9-10H,6-8H2,1-2H3,(H,19,23)/t10-/m0/s1. The Balaban J connectivity index is 1.87. The van der Waals surface area contributed by atoms with E-state index in [1.807, 2.05) is 0 Å². The molecule has 0 spiro atoms. The predicted octanol–water partition coefficient (Wildman–Crippen LogP) is 1.86. The zero-order valence-corrected chi connectivity index (χ0v) is 12.8. The maximum atomic E-state index is 12.9. The lowest BCUT2D eigenvalue weighted by atomic mass is 10.2. The van der Waals surface area contributed by atoms with Gasteiger partial charge in [0, 0.05) is 25.5 Å². The number of aromatic nitrogens is 4. The molecule has 2 aromatic heterocycles. The van der Waals surface area contributed by atoms with E-state index in [0.717, 1.165) is 10.7 Å². The van der Waals surface area contributed by atoms with Crippen molar-refractivity contribution in [3.63, 3.8) is 0 Å². The lowest BCUT2D eigenvalue weighted by Crippen LogP contribution is -2.33. The molecule has 2 heterocycles. The highest BCUT2D eigenvalue weighted by molar-refractivity contribution is 5.75. The maximum absolute atomic E-state index is 12.9.